The molecule has 0 amide bonds. The Labute approximate surface area is 141 Å². The van der Waals surface area contributed by atoms with Gasteiger partial charge in [-0.05, 0) is 24.3 Å². The van der Waals surface area contributed by atoms with Gasteiger partial charge in [0, 0.05) is 17.6 Å². The van der Waals surface area contributed by atoms with Crippen LogP contribution >= 0.6 is 11.6 Å². The topological polar surface area (TPSA) is 85.2 Å². The van der Waals surface area contributed by atoms with Crippen molar-refractivity contribution >= 4 is 34.2 Å². The van der Waals surface area contributed by atoms with Crippen molar-refractivity contribution in [2.45, 2.75) is 6.42 Å². The maximum absolute atomic E-state index is 14.7. The summed E-state index contributed by atoms with van der Waals surface area (Å²) in [5.74, 6) is -2.04. The highest BCUT2D eigenvalue weighted by Crippen LogP contribution is 2.33. The summed E-state index contributed by atoms with van der Waals surface area (Å²) in [6.07, 6.45) is 4.44. The number of pyridine rings is 1. The molecule has 0 saturated carbocycles. The normalized spacial score (nSPS) is 15.0. The van der Waals surface area contributed by atoms with Crippen molar-refractivity contribution in [1.82, 2.24) is 15.0 Å². The lowest BCUT2D eigenvalue weighted by molar-refractivity contribution is 0.0692. The van der Waals surface area contributed by atoms with E-state index >= 15 is 0 Å². The van der Waals surface area contributed by atoms with Crippen LogP contribution in [0.15, 0.2) is 47.1 Å². The Kier molecular flexibility index (Phi) is 4.26. The van der Waals surface area contributed by atoms with E-state index in [1.54, 1.807) is 12.1 Å². The second-order valence-electron chi connectivity index (χ2n) is 4.89. The molecule has 1 aliphatic rings. The number of nitrogens with zero attached hydrogens (tertiary/aromatic N) is 3. The summed E-state index contributed by atoms with van der Waals surface area (Å²) in [7, 11) is 1.33. The van der Waals surface area contributed by atoms with Gasteiger partial charge in [-0.25, -0.2) is 24.1 Å². The number of aromatic nitrogens is 3. The van der Waals surface area contributed by atoms with Gasteiger partial charge in [0.1, 0.15) is 5.76 Å². The van der Waals surface area contributed by atoms with Gasteiger partial charge in [-0.2, -0.15) is 0 Å². The molecular weight excluding hydrogens is 337 g/mol. The lowest BCUT2D eigenvalue weighted by Crippen LogP contribution is -2.08. The number of aromatic carboxylic acids is 1. The van der Waals surface area contributed by atoms with Crippen molar-refractivity contribution < 1.29 is 19.0 Å². The number of allylic oxidation sites excluding steroid dienone is 5. The number of halogens is 2. The van der Waals surface area contributed by atoms with Crippen LogP contribution in [0.1, 0.15) is 22.7 Å². The zero-order chi connectivity index (χ0) is 17.3. The molecule has 0 radical (unpaired) electrons. The van der Waals surface area contributed by atoms with Gasteiger partial charge in [-0.1, -0.05) is 11.6 Å². The summed E-state index contributed by atoms with van der Waals surface area (Å²) in [5.41, 5.74) is -0.112. The molecule has 1 N–H and O–H groups in total. The van der Waals surface area contributed by atoms with E-state index in [0.29, 0.717) is 5.03 Å². The number of hydrogen-bond acceptors (Lipinski definition) is 5. The average molecular weight is 348 g/mol. The molecule has 122 valence electrons. The molecule has 8 heteroatoms. The van der Waals surface area contributed by atoms with Crippen LogP contribution in [0, 0.1) is 0 Å². The predicted molar refractivity (Wildman–Crippen MR) is 86.0 cm³/mol. The molecule has 0 aliphatic heterocycles. The van der Waals surface area contributed by atoms with Crippen molar-refractivity contribution in [2.24, 2.45) is 0 Å². The lowest BCUT2D eigenvalue weighted by atomic mass is 10.1. The Hall–Kier alpha value is -2.80. The molecule has 0 bridgehead atoms. The largest absolute Gasteiger partial charge is 0.498 e. The van der Waals surface area contributed by atoms with Crippen LogP contribution in [-0.4, -0.2) is 33.1 Å². The lowest BCUT2D eigenvalue weighted by Gasteiger charge is -2.09. The standard InChI is InChI=1S/C16H11ClFN3O3/c1-24-11-7-8(17)4-5-9(12(11)18)15-20-13(16(22)23)10-3-2-6-19-14(10)21-15/h2-6H,7H2,1H3,(H,22,23). The van der Waals surface area contributed by atoms with Crippen molar-refractivity contribution in [3.05, 3.63) is 58.6 Å². The fourth-order valence-corrected chi connectivity index (χ4v) is 2.45. The van der Waals surface area contributed by atoms with Crippen LogP contribution in [0.25, 0.3) is 16.6 Å². The van der Waals surface area contributed by atoms with Crippen molar-refractivity contribution in [3.63, 3.8) is 0 Å². The van der Waals surface area contributed by atoms with Gasteiger partial charge >= 0.3 is 5.97 Å². The number of fused-ring (bicyclic) bond motifs is 1. The average Bonchev–Trinajstić information content (AvgIpc) is 2.72. The van der Waals surface area contributed by atoms with E-state index in [2.05, 4.69) is 15.0 Å². The molecule has 2 aromatic heterocycles. The van der Waals surface area contributed by atoms with Crippen LogP contribution < -0.4 is 0 Å². The zero-order valence-electron chi connectivity index (χ0n) is 12.5. The number of hydrogen-bond donors (Lipinski definition) is 1. The molecule has 0 saturated heterocycles. The molecular formula is C16H11ClFN3O3. The van der Waals surface area contributed by atoms with E-state index in [1.807, 2.05) is 0 Å². The highest BCUT2D eigenvalue weighted by atomic mass is 35.5. The van der Waals surface area contributed by atoms with Gasteiger partial charge in [0.2, 0.25) is 0 Å². The van der Waals surface area contributed by atoms with E-state index in [0.717, 1.165) is 0 Å². The molecule has 2 aromatic rings. The Bertz CT molecular complexity index is 937. The Morgan fingerprint density at radius 3 is 2.88 bits per heavy atom. The number of methoxy groups -OCH3 is 1. The van der Waals surface area contributed by atoms with Crippen molar-refractivity contribution in [2.75, 3.05) is 7.11 Å². The molecule has 0 atom stereocenters. The minimum absolute atomic E-state index is 0.0154. The molecule has 6 nitrogen and oxygen atoms in total. The van der Waals surface area contributed by atoms with E-state index in [1.165, 1.54) is 25.5 Å². The highest BCUT2D eigenvalue weighted by molar-refractivity contribution is 6.30. The van der Waals surface area contributed by atoms with Crippen LogP contribution in [0.5, 0.6) is 0 Å². The smallest absolute Gasteiger partial charge is 0.355 e. The summed E-state index contributed by atoms with van der Waals surface area (Å²) >= 11 is 5.98. The third-order valence-corrected chi connectivity index (χ3v) is 3.66. The Morgan fingerprint density at radius 1 is 1.38 bits per heavy atom. The number of carboxylic acids is 1. The molecule has 1 aliphatic carbocycles. The first kappa shape index (κ1) is 16.1. The van der Waals surface area contributed by atoms with E-state index in [-0.39, 0.29) is 40.3 Å². The summed E-state index contributed by atoms with van der Waals surface area (Å²) < 4.78 is 19.7. The fraction of sp³-hybridized carbons (Fsp3) is 0.125. The summed E-state index contributed by atoms with van der Waals surface area (Å²) in [4.78, 5) is 23.7. The zero-order valence-corrected chi connectivity index (χ0v) is 13.2. The summed E-state index contributed by atoms with van der Waals surface area (Å²) in [5, 5.41) is 10.0. The molecule has 0 aromatic carbocycles. The second-order valence-corrected chi connectivity index (χ2v) is 5.37. The third kappa shape index (κ3) is 2.85. The molecule has 24 heavy (non-hydrogen) atoms. The molecule has 0 spiro atoms. The van der Waals surface area contributed by atoms with Gasteiger partial charge in [-0.3, -0.25) is 0 Å². The van der Waals surface area contributed by atoms with Gasteiger partial charge < -0.3 is 9.84 Å². The quantitative estimate of drug-likeness (QED) is 0.915. The third-order valence-electron chi connectivity index (χ3n) is 3.40. The maximum Gasteiger partial charge on any atom is 0.355 e. The Balaban J connectivity index is 2.27. The highest BCUT2D eigenvalue weighted by Gasteiger charge is 2.23. The first-order valence-electron chi connectivity index (χ1n) is 6.87. The molecule has 0 fully saturated rings. The number of carboxylic acid groups (broad SMARTS) is 1. The Morgan fingerprint density at radius 2 is 2.17 bits per heavy atom. The van der Waals surface area contributed by atoms with Gasteiger partial charge in [0.15, 0.2) is 23.0 Å². The second kappa shape index (κ2) is 6.37. The number of rotatable bonds is 3. The SMILES string of the molecule is COC1=C(F)C(c2nc(C(=O)O)c3cccnc3n2)=CC=C(Cl)C1. The first-order valence-corrected chi connectivity index (χ1v) is 7.25. The van der Waals surface area contributed by atoms with Gasteiger partial charge in [-0.15, -0.1) is 0 Å². The number of ether oxygens (including phenoxy) is 1. The van der Waals surface area contributed by atoms with Crippen LogP contribution in [0.2, 0.25) is 0 Å². The van der Waals surface area contributed by atoms with Gasteiger partial charge in [0.25, 0.3) is 0 Å². The molecule has 3 rings (SSSR count). The molecule has 2 heterocycles. The summed E-state index contributed by atoms with van der Waals surface area (Å²) in [6.45, 7) is 0. The van der Waals surface area contributed by atoms with Crippen LogP contribution in [0.3, 0.4) is 0 Å². The molecule has 0 unspecified atom stereocenters. The minimum atomic E-state index is -1.25. The monoisotopic (exact) mass is 347 g/mol. The van der Waals surface area contributed by atoms with E-state index in [4.69, 9.17) is 16.3 Å². The minimum Gasteiger partial charge on any atom is -0.498 e. The van der Waals surface area contributed by atoms with Crippen LogP contribution in [0.4, 0.5) is 4.39 Å². The van der Waals surface area contributed by atoms with Gasteiger partial charge in [0.05, 0.1) is 18.1 Å². The van der Waals surface area contributed by atoms with Crippen molar-refractivity contribution in [3.8, 4) is 0 Å². The summed E-state index contributed by atoms with van der Waals surface area (Å²) in [6, 6.07) is 3.12. The first-order chi connectivity index (χ1) is 11.5. The van der Waals surface area contributed by atoms with Crippen LogP contribution in [-0.2, 0) is 4.74 Å². The fourth-order valence-electron chi connectivity index (χ4n) is 2.27. The van der Waals surface area contributed by atoms with E-state index < -0.39 is 11.8 Å². The van der Waals surface area contributed by atoms with Crippen molar-refractivity contribution in [1.29, 1.82) is 0 Å². The number of carbonyl (C=O) groups is 1. The maximum atomic E-state index is 14.7. The predicted octanol–water partition coefficient (Wildman–Crippen LogP) is 3.46. The van der Waals surface area contributed by atoms with E-state index in [9.17, 15) is 14.3 Å².